The molecule has 136 valence electrons. The second kappa shape index (κ2) is 6.68. The quantitative estimate of drug-likeness (QED) is 0.613. The summed E-state index contributed by atoms with van der Waals surface area (Å²) in [5, 5.41) is 5.74. The highest BCUT2D eigenvalue weighted by Crippen LogP contribution is 2.37. The minimum absolute atomic E-state index is 0.0394. The number of rotatable bonds is 4. The Morgan fingerprint density at radius 2 is 1.56 bits per heavy atom. The monoisotopic (exact) mass is 363 g/mol. The van der Waals surface area contributed by atoms with Gasteiger partial charge in [0.1, 0.15) is 12.0 Å². The molecular weight excluding hydrogens is 346 g/mol. The van der Waals surface area contributed by atoms with Gasteiger partial charge in [0.2, 0.25) is 5.91 Å². The van der Waals surface area contributed by atoms with E-state index >= 15 is 0 Å². The molecule has 2 aromatic rings. The van der Waals surface area contributed by atoms with Crippen molar-refractivity contribution in [2.24, 2.45) is 11.0 Å². The predicted molar refractivity (Wildman–Crippen MR) is 99.2 cm³/mol. The van der Waals surface area contributed by atoms with Crippen molar-refractivity contribution in [1.29, 1.82) is 0 Å². The van der Waals surface area contributed by atoms with Crippen molar-refractivity contribution in [3.05, 3.63) is 60.7 Å². The predicted octanol–water partition coefficient (Wildman–Crippen LogP) is 1.98. The summed E-state index contributed by atoms with van der Waals surface area (Å²) in [5.41, 5.74) is 1.06. The van der Waals surface area contributed by atoms with Crippen LogP contribution in [-0.4, -0.2) is 36.1 Å². The van der Waals surface area contributed by atoms with E-state index in [9.17, 15) is 14.4 Å². The number of imide groups is 1. The minimum Gasteiger partial charge on any atom is -0.461 e. The van der Waals surface area contributed by atoms with E-state index in [-0.39, 0.29) is 12.3 Å². The second-order valence-electron chi connectivity index (χ2n) is 6.16. The topological polar surface area (TPSA) is 79.3 Å². The van der Waals surface area contributed by atoms with Gasteiger partial charge in [0.05, 0.1) is 18.0 Å². The Morgan fingerprint density at radius 3 is 2.15 bits per heavy atom. The zero-order chi connectivity index (χ0) is 19.0. The molecule has 27 heavy (non-hydrogen) atoms. The van der Waals surface area contributed by atoms with Crippen molar-refractivity contribution in [1.82, 2.24) is 0 Å². The number of hydrogen-bond acceptors (Lipinski definition) is 6. The van der Waals surface area contributed by atoms with Crippen LogP contribution in [-0.2, 0) is 19.1 Å². The molecule has 0 bridgehead atoms. The van der Waals surface area contributed by atoms with Crippen LogP contribution in [0.5, 0.6) is 0 Å². The highest BCUT2D eigenvalue weighted by molar-refractivity contribution is 6.47. The minimum atomic E-state index is -0.989. The molecule has 2 heterocycles. The number of para-hydroxylation sites is 2. The fourth-order valence-electron chi connectivity index (χ4n) is 3.41. The smallest absolute Gasteiger partial charge is 0.355 e. The lowest BCUT2D eigenvalue weighted by Crippen LogP contribution is -2.39. The van der Waals surface area contributed by atoms with Crippen molar-refractivity contribution in [3.8, 4) is 0 Å². The molecule has 2 aromatic carbocycles. The van der Waals surface area contributed by atoms with Crippen LogP contribution in [0.15, 0.2) is 65.8 Å². The van der Waals surface area contributed by atoms with Crippen molar-refractivity contribution in [2.75, 3.05) is 16.5 Å². The van der Waals surface area contributed by atoms with Crippen LogP contribution in [0.4, 0.5) is 11.4 Å². The maximum atomic E-state index is 13.1. The van der Waals surface area contributed by atoms with Crippen LogP contribution < -0.4 is 9.91 Å². The molecule has 2 amide bonds. The van der Waals surface area contributed by atoms with E-state index in [1.54, 1.807) is 61.5 Å². The number of ether oxygens (including phenoxy) is 1. The molecule has 1 fully saturated rings. The molecule has 0 saturated carbocycles. The molecule has 7 heteroatoms. The molecule has 0 radical (unpaired) electrons. The maximum Gasteiger partial charge on any atom is 0.355 e. The third kappa shape index (κ3) is 2.68. The standard InChI is InChI=1S/C20H17N3O4/c1-2-27-20(26)16-15-17(23(21-16)14-11-7-4-8-12-14)19(25)22(18(15)24)13-9-5-3-6-10-13/h3-12,15,17H,2H2,1H3. The lowest BCUT2D eigenvalue weighted by Gasteiger charge is -2.22. The SMILES string of the molecule is CCOC(=O)C1=NN(c2ccccc2)C2C(=O)N(c3ccccc3)C(=O)C12. The number of amides is 2. The third-order valence-corrected chi connectivity index (χ3v) is 4.57. The average molecular weight is 363 g/mol. The first-order chi connectivity index (χ1) is 13.1. The Bertz CT molecular complexity index is 927. The van der Waals surface area contributed by atoms with Gasteiger partial charge >= 0.3 is 5.97 Å². The first-order valence-corrected chi connectivity index (χ1v) is 8.66. The van der Waals surface area contributed by atoms with Crippen LogP contribution in [0, 0.1) is 5.92 Å². The Balaban J connectivity index is 1.79. The molecule has 4 rings (SSSR count). The van der Waals surface area contributed by atoms with Gasteiger partial charge in [-0.1, -0.05) is 36.4 Å². The molecule has 0 spiro atoms. The first-order valence-electron chi connectivity index (χ1n) is 8.66. The molecule has 2 aliphatic rings. The maximum absolute atomic E-state index is 13.1. The van der Waals surface area contributed by atoms with E-state index in [1.165, 1.54) is 5.01 Å². The highest BCUT2D eigenvalue weighted by Gasteiger charge is 2.59. The van der Waals surface area contributed by atoms with Crippen LogP contribution in [0.2, 0.25) is 0 Å². The van der Waals surface area contributed by atoms with Crippen LogP contribution >= 0.6 is 0 Å². The number of nitrogens with zero attached hydrogens (tertiary/aromatic N) is 3. The van der Waals surface area contributed by atoms with E-state index in [1.807, 2.05) is 6.07 Å². The molecule has 1 saturated heterocycles. The normalized spacial score (nSPS) is 21.3. The summed E-state index contributed by atoms with van der Waals surface area (Å²) in [6.45, 7) is 1.84. The van der Waals surface area contributed by atoms with Crippen molar-refractivity contribution in [2.45, 2.75) is 13.0 Å². The summed E-state index contributed by atoms with van der Waals surface area (Å²) in [6, 6.07) is 16.8. The molecular formula is C20H17N3O4. The zero-order valence-corrected chi connectivity index (χ0v) is 14.6. The summed E-state index contributed by atoms with van der Waals surface area (Å²) in [4.78, 5) is 39.8. The Kier molecular flexibility index (Phi) is 4.19. The van der Waals surface area contributed by atoms with E-state index in [4.69, 9.17) is 4.74 Å². The Labute approximate surface area is 155 Å². The number of carbonyl (C=O) groups is 3. The summed E-state index contributed by atoms with van der Waals surface area (Å²) in [5.74, 6) is -2.55. The van der Waals surface area contributed by atoms with Crippen molar-refractivity contribution < 1.29 is 19.1 Å². The van der Waals surface area contributed by atoms with Gasteiger partial charge in [-0.25, -0.2) is 9.69 Å². The Morgan fingerprint density at radius 1 is 0.963 bits per heavy atom. The second-order valence-corrected chi connectivity index (χ2v) is 6.16. The molecule has 2 aliphatic heterocycles. The molecule has 2 atom stereocenters. The van der Waals surface area contributed by atoms with E-state index in [2.05, 4.69) is 5.10 Å². The summed E-state index contributed by atoms with van der Waals surface area (Å²) < 4.78 is 5.06. The van der Waals surface area contributed by atoms with Gasteiger partial charge in [-0.2, -0.15) is 5.10 Å². The summed E-state index contributed by atoms with van der Waals surface area (Å²) >= 11 is 0. The first kappa shape index (κ1) is 17.0. The van der Waals surface area contributed by atoms with Gasteiger partial charge in [-0.3, -0.25) is 14.6 Å². The molecule has 0 N–H and O–H groups in total. The van der Waals surface area contributed by atoms with Gasteiger partial charge in [-0.15, -0.1) is 0 Å². The van der Waals surface area contributed by atoms with Gasteiger partial charge in [0.25, 0.3) is 5.91 Å². The number of hydrazone groups is 1. The number of carbonyl (C=O) groups excluding carboxylic acids is 3. The fourth-order valence-corrected chi connectivity index (χ4v) is 3.41. The third-order valence-electron chi connectivity index (χ3n) is 4.57. The lowest BCUT2D eigenvalue weighted by molar-refractivity contribution is -0.136. The average Bonchev–Trinajstić information content (AvgIpc) is 3.21. The zero-order valence-electron chi connectivity index (χ0n) is 14.6. The molecule has 7 nitrogen and oxygen atoms in total. The van der Waals surface area contributed by atoms with Crippen LogP contribution in [0.25, 0.3) is 0 Å². The van der Waals surface area contributed by atoms with Crippen LogP contribution in [0.3, 0.4) is 0 Å². The number of esters is 1. The van der Waals surface area contributed by atoms with Crippen molar-refractivity contribution >= 4 is 34.9 Å². The number of benzene rings is 2. The molecule has 0 aliphatic carbocycles. The van der Waals surface area contributed by atoms with Gasteiger partial charge in [0.15, 0.2) is 5.71 Å². The largest absolute Gasteiger partial charge is 0.461 e. The van der Waals surface area contributed by atoms with Gasteiger partial charge < -0.3 is 4.74 Å². The Hall–Kier alpha value is -3.48. The number of hydrogen-bond donors (Lipinski definition) is 0. The number of anilines is 2. The fraction of sp³-hybridized carbons (Fsp3) is 0.200. The summed E-state index contributed by atoms with van der Waals surface area (Å²) in [7, 11) is 0. The number of fused-ring (bicyclic) bond motifs is 1. The van der Waals surface area contributed by atoms with Crippen LogP contribution in [0.1, 0.15) is 6.92 Å². The highest BCUT2D eigenvalue weighted by atomic mass is 16.5. The van der Waals surface area contributed by atoms with Gasteiger partial charge in [0, 0.05) is 0 Å². The van der Waals surface area contributed by atoms with E-state index in [0.29, 0.717) is 11.4 Å². The van der Waals surface area contributed by atoms with E-state index in [0.717, 1.165) is 4.90 Å². The molecule has 0 aromatic heterocycles. The summed E-state index contributed by atoms with van der Waals surface area (Å²) in [6.07, 6.45) is 0. The van der Waals surface area contributed by atoms with E-state index < -0.39 is 29.7 Å². The van der Waals surface area contributed by atoms with Crippen molar-refractivity contribution in [3.63, 3.8) is 0 Å². The van der Waals surface area contributed by atoms with Gasteiger partial charge in [-0.05, 0) is 31.2 Å². The molecule has 2 unspecified atom stereocenters. The lowest BCUT2D eigenvalue weighted by atomic mass is 9.98.